The summed E-state index contributed by atoms with van der Waals surface area (Å²) in [5.41, 5.74) is 4.20. The largest absolute Gasteiger partial charge is 0.398 e. The Kier molecular flexibility index (Phi) is 1.84. The van der Waals surface area contributed by atoms with Crippen molar-refractivity contribution in [1.29, 1.82) is 0 Å². The van der Waals surface area contributed by atoms with E-state index in [2.05, 4.69) is 4.98 Å². The number of hydrogen-bond donors (Lipinski definition) is 1. The Morgan fingerprint density at radius 2 is 2.29 bits per heavy atom. The minimum absolute atomic E-state index is 0.241. The fraction of sp³-hybridized carbons (Fsp3) is 0.333. The van der Waals surface area contributed by atoms with Gasteiger partial charge >= 0.3 is 0 Å². The molecule has 0 amide bonds. The Morgan fingerprint density at radius 3 is 3.05 bits per heavy atom. The molecular formula is C15H15N3O3. The maximum atomic E-state index is 13.1. The number of nitrogens with two attached hydrogens (primary N) is 1. The Hall–Kier alpha value is -2.50. The maximum absolute atomic E-state index is 13.1. The van der Waals surface area contributed by atoms with Crippen LogP contribution in [-0.2, 0) is 9.59 Å². The van der Waals surface area contributed by atoms with Crippen LogP contribution in [0.1, 0.15) is 39.3 Å². The highest BCUT2D eigenvalue weighted by Gasteiger charge is 2.30. The van der Waals surface area contributed by atoms with Crippen LogP contribution in [0.2, 0.25) is 0 Å². The summed E-state index contributed by atoms with van der Waals surface area (Å²) in [5.74, 6) is -1.70. The standard InChI is InChI=1S/C15H15N3O3/c1-8-17-11-4-2-3-10(16)14(11)15(21)18(8)12-6-5-9(19)7-13(12)20/h2-4,12H,5-7,16H2,1H3/i1D,2D,3D,4D,5D,6D. The van der Waals surface area contributed by atoms with E-state index < -0.39 is 73.1 Å². The van der Waals surface area contributed by atoms with Gasteiger partial charge in [-0.3, -0.25) is 19.0 Å². The molecule has 1 aliphatic carbocycles. The third-order valence-corrected chi connectivity index (χ3v) is 3.26. The SMILES string of the molecule is [2H]Cc1nc2c([2H])c([2H])c([2H])c(N)c2c(=O)n1C1C(=O)CC(=O)C([2H])C1[2H]. The van der Waals surface area contributed by atoms with E-state index in [1.165, 1.54) is 0 Å². The Labute approximate surface area is 129 Å². The van der Waals surface area contributed by atoms with Gasteiger partial charge in [0.15, 0.2) is 5.78 Å². The molecule has 1 aromatic heterocycles. The first-order valence-electron chi connectivity index (χ1n) is 9.47. The number of carbonyl (C=O) groups is 2. The van der Waals surface area contributed by atoms with Crippen molar-refractivity contribution in [3.63, 3.8) is 0 Å². The molecule has 1 saturated carbocycles. The second-order valence-corrected chi connectivity index (χ2v) is 4.63. The number of carbonyl (C=O) groups excluding carboxylic acids is 2. The van der Waals surface area contributed by atoms with Crippen LogP contribution in [0.25, 0.3) is 10.9 Å². The number of nitrogen functional groups attached to an aromatic ring is 1. The van der Waals surface area contributed by atoms with Crippen LogP contribution >= 0.6 is 0 Å². The summed E-state index contributed by atoms with van der Waals surface area (Å²) in [4.78, 5) is 41.1. The van der Waals surface area contributed by atoms with Crippen LogP contribution < -0.4 is 11.3 Å². The van der Waals surface area contributed by atoms with Gasteiger partial charge in [0.1, 0.15) is 11.6 Å². The topological polar surface area (TPSA) is 95.0 Å². The quantitative estimate of drug-likeness (QED) is 0.628. The number of ketones is 2. The van der Waals surface area contributed by atoms with Crippen molar-refractivity contribution < 1.29 is 17.8 Å². The van der Waals surface area contributed by atoms with Gasteiger partial charge in [-0.15, -0.1) is 0 Å². The summed E-state index contributed by atoms with van der Waals surface area (Å²) in [6, 6.07) is -3.06. The summed E-state index contributed by atoms with van der Waals surface area (Å²) >= 11 is 0. The number of aryl methyl sites for hydroxylation is 1. The molecule has 0 spiro atoms. The van der Waals surface area contributed by atoms with Gasteiger partial charge in [-0.2, -0.15) is 0 Å². The lowest BCUT2D eigenvalue weighted by Crippen LogP contribution is -2.36. The molecule has 6 heteroatoms. The van der Waals surface area contributed by atoms with Gasteiger partial charge < -0.3 is 5.73 Å². The summed E-state index contributed by atoms with van der Waals surface area (Å²) in [7, 11) is 0. The zero-order chi connectivity index (χ0) is 20.2. The second kappa shape index (κ2) is 4.80. The number of rotatable bonds is 1. The molecule has 0 aliphatic heterocycles. The van der Waals surface area contributed by atoms with E-state index in [0.717, 1.165) is 4.57 Å². The van der Waals surface area contributed by atoms with Crippen LogP contribution in [0.3, 0.4) is 0 Å². The molecule has 1 heterocycles. The van der Waals surface area contributed by atoms with Gasteiger partial charge in [-0.05, 0) is 25.4 Å². The molecule has 2 N–H and O–H groups in total. The molecule has 3 atom stereocenters. The Morgan fingerprint density at radius 1 is 1.48 bits per heavy atom. The molecule has 1 fully saturated rings. The molecule has 1 aromatic carbocycles. The molecule has 0 radical (unpaired) electrons. The Balaban J connectivity index is 2.41. The van der Waals surface area contributed by atoms with Crippen LogP contribution in [0.4, 0.5) is 5.69 Å². The van der Waals surface area contributed by atoms with E-state index in [-0.39, 0.29) is 16.7 Å². The van der Waals surface area contributed by atoms with Crippen LogP contribution in [0, 0.1) is 6.90 Å². The van der Waals surface area contributed by atoms with Crippen molar-refractivity contribution in [3.05, 3.63) is 34.3 Å². The lowest BCUT2D eigenvalue weighted by molar-refractivity contribution is -0.132. The molecule has 0 bridgehead atoms. The summed E-state index contributed by atoms with van der Waals surface area (Å²) in [6.07, 6.45) is -3.70. The van der Waals surface area contributed by atoms with Gasteiger partial charge in [-0.1, -0.05) is 6.04 Å². The van der Waals surface area contributed by atoms with Gasteiger partial charge in [-0.25, -0.2) is 4.98 Å². The molecule has 108 valence electrons. The maximum Gasteiger partial charge on any atom is 0.264 e. The van der Waals surface area contributed by atoms with Crippen molar-refractivity contribution in [2.45, 2.75) is 32.2 Å². The first-order valence-corrected chi connectivity index (χ1v) is 6.11. The van der Waals surface area contributed by atoms with Crippen molar-refractivity contribution in [3.8, 4) is 0 Å². The molecule has 2 aromatic rings. The zero-order valence-electron chi connectivity index (χ0n) is 16.8. The number of Topliss-reactive ketones (excluding diaryl/α,β-unsaturated/α-hetero) is 2. The van der Waals surface area contributed by atoms with E-state index >= 15 is 0 Å². The molecular weight excluding hydrogens is 270 g/mol. The minimum Gasteiger partial charge on any atom is -0.398 e. The van der Waals surface area contributed by atoms with Crippen molar-refractivity contribution in [2.75, 3.05) is 5.73 Å². The monoisotopic (exact) mass is 291 g/mol. The number of nitrogens with zero attached hydrogens (tertiary/aromatic N) is 2. The predicted molar refractivity (Wildman–Crippen MR) is 78.1 cm³/mol. The van der Waals surface area contributed by atoms with E-state index in [9.17, 15) is 14.4 Å². The van der Waals surface area contributed by atoms with Crippen LogP contribution in [0.15, 0.2) is 22.9 Å². The van der Waals surface area contributed by atoms with E-state index in [4.69, 9.17) is 14.0 Å². The molecule has 3 rings (SSSR count). The third kappa shape index (κ3) is 2.12. The van der Waals surface area contributed by atoms with Gasteiger partial charge in [0.05, 0.1) is 27.5 Å². The number of benzene rings is 1. The van der Waals surface area contributed by atoms with Crippen LogP contribution in [0.5, 0.6) is 0 Å². The number of aromatic nitrogens is 2. The van der Waals surface area contributed by atoms with Gasteiger partial charge in [0.2, 0.25) is 0 Å². The Bertz CT molecular complexity index is 1050. The lowest BCUT2D eigenvalue weighted by Gasteiger charge is -2.24. The number of fused-ring (bicyclic) bond motifs is 1. The minimum atomic E-state index is -1.57. The second-order valence-electron chi connectivity index (χ2n) is 4.63. The third-order valence-electron chi connectivity index (χ3n) is 3.26. The number of anilines is 1. The summed E-state index contributed by atoms with van der Waals surface area (Å²) < 4.78 is 47.7. The molecule has 1 aliphatic rings. The molecule has 3 unspecified atom stereocenters. The summed E-state index contributed by atoms with van der Waals surface area (Å²) in [6.45, 7) is -0.576. The van der Waals surface area contributed by atoms with E-state index in [1.807, 2.05) is 0 Å². The fourth-order valence-electron chi connectivity index (χ4n) is 2.29. The lowest BCUT2D eigenvalue weighted by atomic mass is 9.92. The normalized spacial score (nSPS) is 30.2. The van der Waals surface area contributed by atoms with Crippen LogP contribution in [-0.4, -0.2) is 21.1 Å². The highest BCUT2D eigenvalue weighted by atomic mass is 16.2. The zero-order valence-corrected chi connectivity index (χ0v) is 10.8. The van der Waals surface area contributed by atoms with E-state index in [0.29, 0.717) is 0 Å². The average molecular weight is 291 g/mol. The first-order chi connectivity index (χ1) is 12.6. The molecule has 6 nitrogen and oxygen atoms in total. The van der Waals surface area contributed by atoms with Gasteiger partial charge in [0.25, 0.3) is 5.56 Å². The highest BCUT2D eigenvalue weighted by molar-refractivity contribution is 6.03. The average Bonchev–Trinajstić information content (AvgIpc) is 2.63. The van der Waals surface area contributed by atoms with E-state index in [1.54, 1.807) is 0 Å². The van der Waals surface area contributed by atoms with Crippen molar-refractivity contribution in [2.24, 2.45) is 0 Å². The highest BCUT2D eigenvalue weighted by Crippen LogP contribution is 2.24. The van der Waals surface area contributed by atoms with Crippen molar-refractivity contribution in [1.82, 2.24) is 9.55 Å². The molecule has 21 heavy (non-hydrogen) atoms. The fourth-order valence-corrected chi connectivity index (χ4v) is 2.29. The smallest absolute Gasteiger partial charge is 0.264 e. The van der Waals surface area contributed by atoms with Crippen molar-refractivity contribution >= 4 is 28.2 Å². The summed E-state index contributed by atoms with van der Waals surface area (Å²) in [5, 5.41) is -0.350. The van der Waals surface area contributed by atoms with Gasteiger partial charge in [0, 0.05) is 16.2 Å². The number of hydrogen-bond acceptors (Lipinski definition) is 5. The molecule has 0 saturated heterocycles. The predicted octanol–water partition coefficient (Wildman–Crippen LogP) is 1.15. The first kappa shape index (κ1) is 8.07.